The van der Waals surface area contributed by atoms with E-state index in [4.69, 9.17) is 4.74 Å². The fraction of sp³-hybridized carbons (Fsp3) is 0. The molecule has 3 heteroatoms. The van der Waals surface area contributed by atoms with Crippen LogP contribution in [0.4, 0.5) is 0 Å². The van der Waals surface area contributed by atoms with E-state index in [1.54, 1.807) is 60.7 Å². The summed E-state index contributed by atoms with van der Waals surface area (Å²) in [6, 6.07) is 13.3. The molecule has 0 aliphatic heterocycles. The van der Waals surface area contributed by atoms with Gasteiger partial charge >= 0.3 is 11.9 Å². The number of hydrogen-bond acceptors (Lipinski definition) is 3. The molecule has 21 heavy (non-hydrogen) atoms. The van der Waals surface area contributed by atoms with E-state index < -0.39 is 11.9 Å². The van der Waals surface area contributed by atoms with E-state index in [0.29, 0.717) is 11.1 Å². The lowest BCUT2D eigenvalue weighted by Gasteiger charge is -2.04. The lowest BCUT2D eigenvalue weighted by molar-refractivity contribution is 0.0398. The number of ether oxygens (including phenoxy) is 1. The van der Waals surface area contributed by atoms with Gasteiger partial charge in [0.2, 0.25) is 0 Å². The van der Waals surface area contributed by atoms with Gasteiger partial charge in [0.05, 0.1) is 11.1 Å². The van der Waals surface area contributed by atoms with Crippen molar-refractivity contribution in [1.29, 1.82) is 0 Å². The lowest BCUT2D eigenvalue weighted by Crippen LogP contribution is -2.12. The van der Waals surface area contributed by atoms with Gasteiger partial charge in [0.25, 0.3) is 0 Å². The minimum absolute atomic E-state index is 0.309. The monoisotopic (exact) mass is 278 g/mol. The van der Waals surface area contributed by atoms with Gasteiger partial charge in [0.15, 0.2) is 0 Å². The van der Waals surface area contributed by atoms with Crippen LogP contribution in [0.3, 0.4) is 0 Å². The second-order valence-corrected chi connectivity index (χ2v) is 4.33. The van der Waals surface area contributed by atoms with Gasteiger partial charge < -0.3 is 4.74 Å². The van der Waals surface area contributed by atoms with E-state index >= 15 is 0 Å². The second kappa shape index (κ2) is 6.48. The van der Waals surface area contributed by atoms with Crippen LogP contribution in [0.25, 0.3) is 12.2 Å². The second-order valence-electron chi connectivity index (χ2n) is 4.33. The molecule has 0 aliphatic carbocycles. The Bertz CT molecular complexity index is 697. The molecule has 0 heterocycles. The number of carbonyl (C=O) groups is 2. The Morgan fingerprint density at radius 1 is 0.810 bits per heavy atom. The Morgan fingerprint density at radius 2 is 1.43 bits per heavy atom. The summed E-state index contributed by atoms with van der Waals surface area (Å²) in [6.07, 6.45) is 3.29. The normalized spacial score (nSPS) is 9.71. The van der Waals surface area contributed by atoms with Crippen LogP contribution in [0.1, 0.15) is 31.8 Å². The summed E-state index contributed by atoms with van der Waals surface area (Å²) in [6.45, 7) is 7.26. The van der Waals surface area contributed by atoms with Crippen LogP contribution >= 0.6 is 0 Å². The average molecular weight is 278 g/mol. The third kappa shape index (κ3) is 3.54. The molecule has 3 nitrogen and oxygen atoms in total. The van der Waals surface area contributed by atoms with Crippen LogP contribution in [-0.4, -0.2) is 11.9 Å². The predicted molar refractivity (Wildman–Crippen MR) is 82.8 cm³/mol. The van der Waals surface area contributed by atoms with Gasteiger partial charge in [-0.3, -0.25) is 0 Å². The van der Waals surface area contributed by atoms with E-state index in [-0.39, 0.29) is 0 Å². The van der Waals surface area contributed by atoms with Crippen molar-refractivity contribution in [3.05, 3.63) is 83.9 Å². The SMILES string of the molecule is C=Cc1ccc(C(=O)OC(=O)c2cccc(C=C)c2)cc1. The Morgan fingerprint density at radius 3 is 2.05 bits per heavy atom. The van der Waals surface area contributed by atoms with Gasteiger partial charge in [-0.2, -0.15) is 0 Å². The molecule has 2 aromatic rings. The van der Waals surface area contributed by atoms with Crippen molar-refractivity contribution < 1.29 is 14.3 Å². The van der Waals surface area contributed by atoms with Crippen LogP contribution in [0.15, 0.2) is 61.7 Å². The molecule has 0 aliphatic rings. The number of carbonyl (C=O) groups excluding carboxylic acids is 2. The highest BCUT2D eigenvalue weighted by Gasteiger charge is 2.14. The van der Waals surface area contributed by atoms with E-state index in [0.717, 1.165) is 11.1 Å². The molecule has 0 amide bonds. The summed E-state index contributed by atoms with van der Waals surface area (Å²) in [4.78, 5) is 23.8. The van der Waals surface area contributed by atoms with Gasteiger partial charge in [-0.1, -0.05) is 49.6 Å². The highest BCUT2D eigenvalue weighted by atomic mass is 16.6. The number of benzene rings is 2. The Labute approximate surface area is 123 Å². The summed E-state index contributed by atoms with van der Waals surface area (Å²) < 4.78 is 4.86. The fourth-order valence-corrected chi connectivity index (χ4v) is 1.75. The smallest absolute Gasteiger partial charge is 0.346 e. The largest absolute Gasteiger partial charge is 0.386 e. The first-order chi connectivity index (χ1) is 10.1. The predicted octanol–water partition coefficient (Wildman–Crippen LogP) is 3.97. The molecule has 0 saturated heterocycles. The summed E-state index contributed by atoms with van der Waals surface area (Å²) in [7, 11) is 0. The van der Waals surface area contributed by atoms with Gasteiger partial charge in [-0.05, 0) is 35.4 Å². The molecule has 0 aromatic heterocycles. The first-order valence-corrected chi connectivity index (χ1v) is 6.35. The number of rotatable bonds is 4. The molecular weight excluding hydrogens is 264 g/mol. The van der Waals surface area contributed by atoms with Crippen molar-refractivity contribution in [1.82, 2.24) is 0 Å². The Kier molecular flexibility index (Phi) is 4.46. The van der Waals surface area contributed by atoms with Crippen LogP contribution in [-0.2, 0) is 4.74 Å². The Balaban J connectivity index is 2.12. The fourth-order valence-electron chi connectivity index (χ4n) is 1.75. The van der Waals surface area contributed by atoms with Crippen LogP contribution in [0.2, 0.25) is 0 Å². The molecule has 0 bridgehead atoms. The van der Waals surface area contributed by atoms with E-state index in [9.17, 15) is 9.59 Å². The van der Waals surface area contributed by atoms with Crippen molar-refractivity contribution in [2.75, 3.05) is 0 Å². The topological polar surface area (TPSA) is 43.4 Å². The van der Waals surface area contributed by atoms with Crippen molar-refractivity contribution in [3.63, 3.8) is 0 Å². The first kappa shape index (κ1) is 14.5. The molecule has 0 unspecified atom stereocenters. The minimum Gasteiger partial charge on any atom is -0.386 e. The van der Waals surface area contributed by atoms with E-state index in [2.05, 4.69) is 13.2 Å². The van der Waals surface area contributed by atoms with Crippen LogP contribution < -0.4 is 0 Å². The zero-order chi connectivity index (χ0) is 15.2. The maximum absolute atomic E-state index is 11.9. The third-order valence-electron chi connectivity index (χ3n) is 2.93. The first-order valence-electron chi connectivity index (χ1n) is 6.35. The van der Waals surface area contributed by atoms with Crippen molar-refractivity contribution in [2.45, 2.75) is 0 Å². The number of hydrogen-bond donors (Lipinski definition) is 0. The van der Waals surface area contributed by atoms with Crippen molar-refractivity contribution in [3.8, 4) is 0 Å². The van der Waals surface area contributed by atoms with Gasteiger partial charge in [0.1, 0.15) is 0 Å². The maximum atomic E-state index is 11.9. The molecule has 0 saturated carbocycles. The Hall–Kier alpha value is -2.94. The van der Waals surface area contributed by atoms with Gasteiger partial charge in [-0.25, -0.2) is 9.59 Å². The summed E-state index contributed by atoms with van der Waals surface area (Å²) in [5.41, 5.74) is 2.29. The molecule has 0 atom stereocenters. The molecule has 0 N–H and O–H groups in total. The number of esters is 2. The van der Waals surface area contributed by atoms with Crippen molar-refractivity contribution >= 4 is 24.1 Å². The average Bonchev–Trinajstić information content (AvgIpc) is 2.54. The zero-order valence-corrected chi connectivity index (χ0v) is 11.4. The molecular formula is C18H14O3. The highest BCUT2D eigenvalue weighted by Crippen LogP contribution is 2.11. The molecule has 0 fully saturated rings. The molecule has 2 rings (SSSR count). The third-order valence-corrected chi connectivity index (χ3v) is 2.93. The maximum Gasteiger partial charge on any atom is 0.346 e. The zero-order valence-electron chi connectivity index (χ0n) is 11.4. The van der Waals surface area contributed by atoms with Crippen molar-refractivity contribution in [2.24, 2.45) is 0 Å². The molecule has 0 radical (unpaired) electrons. The van der Waals surface area contributed by atoms with Crippen LogP contribution in [0, 0.1) is 0 Å². The molecule has 0 spiro atoms. The van der Waals surface area contributed by atoms with Crippen LogP contribution in [0.5, 0.6) is 0 Å². The standard InChI is InChI=1S/C18H14O3/c1-3-13-8-10-15(11-9-13)17(19)21-18(20)16-7-5-6-14(4-2)12-16/h3-12H,1-2H2. The lowest BCUT2D eigenvalue weighted by atomic mass is 10.1. The summed E-state index contributed by atoms with van der Waals surface area (Å²) >= 11 is 0. The van der Waals surface area contributed by atoms with Gasteiger partial charge in [-0.15, -0.1) is 0 Å². The minimum atomic E-state index is -0.684. The molecule has 104 valence electrons. The molecule has 2 aromatic carbocycles. The van der Waals surface area contributed by atoms with E-state index in [1.807, 2.05) is 0 Å². The quantitative estimate of drug-likeness (QED) is 0.628. The van der Waals surface area contributed by atoms with Gasteiger partial charge in [0, 0.05) is 0 Å². The summed E-state index contributed by atoms with van der Waals surface area (Å²) in [5, 5.41) is 0. The van der Waals surface area contributed by atoms with E-state index in [1.165, 1.54) is 0 Å². The highest BCUT2D eigenvalue weighted by molar-refractivity contribution is 6.02. The summed E-state index contributed by atoms with van der Waals surface area (Å²) in [5.74, 6) is -1.36.